The van der Waals surface area contributed by atoms with Crippen LogP contribution in [0.25, 0.3) is 0 Å². The van der Waals surface area contributed by atoms with E-state index in [4.69, 9.17) is 14.2 Å². The number of hydrogen-bond donors (Lipinski definition) is 2. The van der Waals surface area contributed by atoms with E-state index in [1.54, 1.807) is 13.3 Å². The molecule has 0 radical (unpaired) electrons. The van der Waals surface area contributed by atoms with Crippen LogP contribution in [0.4, 0.5) is 0 Å². The van der Waals surface area contributed by atoms with E-state index in [2.05, 4.69) is 27.5 Å². The fourth-order valence-corrected chi connectivity index (χ4v) is 3.09. The number of methoxy groups -OCH3 is 1. The van der Waals surface area contributed by atoms with Crippen molar-refractivity contribution in [3.8, 4) is 5.88 Å². The van der Waals surface area contributed by atoms with Crippen LogP contribution in [0.3, 0.4) is 0 Å². The summed E-state index contributed by atoms with van der Waals surface area (Å²) < 4.78 is 16.4. The number of hydrogen-bond acceptors (Lipinski definition) is 5. The van der Waals surface area contributed by atoms with Crippen molar-refractivity contribution in [3.05, 3.63) is 23.9 Å². The quantitative estimate of drug-likeness (QED) is 0.190. The topological polar surface area (TPSA) is 77.0 Å². The van der Waals surface area contributed by atoms with Gasteiger partial charge in [0, 0.05) is 39.1 Å². The van der Waals surface area contributed by atoms with E-state index >= 15 is 0 Å². The van der Waals surface area contributed by atoms with E-state index in [0.717, 1.165) is 37.6 Å². The normalized spacial score (nSPS) is 14.9. The molecule has 1 heterocycles. The first kappa shape index (κ1) is 25.9. The first-order valence-electron chi connectivity index (χ1n) is 10.5. The van der Waals surface area contributed by atoms with E-state index in [0.29, 0.717) is 31.7 Å². The molecule has 0 saturated heterocycles. The van der Waals surface area contributed by atoms with Crippen molar-refractivity contribution < 1.29 is 14.2 Å². The number of pyridine rings is 1. The summed E-state index contributed by atoms with van der Waals surface area (Å²) in [6, 6.07) is 3.85. The van der Waals surface area contributed by atoms with Crippen LogP contribution in [0.1, 0.15) is 51.0 Å². The Kier molecular flexibility index (Phi) is 14.9. The minimum atomic E-state index is 0. The molecule has 1 aliphatic carbocycles. The second kappa shape index (κ2) is 16.6. The van der Waals surface area contributed by atoms with Crippen molar-refractivity contribution in [2.45, 2.75) is 58.1 Å². The molecule has 0 bridgehead atoms. The Morgan fingerprint density at radius 3 is 2.66 bits per heavy atom. The summed E-state index contributed by atoms with van der Waals surface area (Å²) in [5.41, 5.74) is 1.04. The summed E-state index contributed by atoms with van der Waals surface area (Å²) >= 11 is 0. The summed E-state index contributed by atoms with van der Waals surface area (Å²) in [6.07, 6.45) is 9.70. The lowest BCUT2D eigenvalue weighted by Gasteiger charge is -2.22. The molecule has 7 nitrogen and oxygen atoms in total. The molecule has 1 aromatic rings. The highest BCUT2D eigenvalue weighted by Gasteiger charge is 2.12. The second-order valence-electron chi connectivity index (χ2n) is 6.95. The van der Waals surface area contributed by atoms with Crippen LogP contribution in [-0.2, 0) is 16.0 Å². The summed E-state index contributed by atoms with van der Waals surface area (Å²) in [7, 11) is 1.65. The Morgan fingerprint density at radius 2 is 1.97 bits per heavy atom. The first-order chi connectivity index (χ1) is 13.8. The number of guanidine groups is 1. The predicted molar refractivity (Wildman–Crippen MR) is 127 cm³/mol. The molecule has 0 aliphatic heterocycles. The van der Waals surface area contributed by atoms with Crippen molar-refractivity contribution >= 4 is 29.9 Å². The van der Waals surface area contributed by atoms with Gasteiger partial charge in [0.2, 0.25) is 5.88 Å². The smallest absolute Gasteiger partial charge is 0.213 e. The number of nitrogens with zero attached hydrogens (tertiary/aromatic N) is 2. The molecule has 8 heteroatoms. The van der Waals surface area contributed by atoms with Gasteiger partial charge in [-0.1, -0.05) is 25.3 Å². The molecule has 0 unspecified atom stereocenters. The van der Waals surface area contributed by atoms with Gasteiger partial charge in [0.15, 0.2) is 5.96 Å². The maximum Gasteiger partial charge on any atom is 0.213 e. The van der Waals surface area contributed by atoms with Gasteiger partial charge >= 0.3 is 0 Å². The maximum absolute atomic E-state index is 5.97. The highest BCUT2D eigenvalue weighted by molar-refractivity contribution is 14.0. The minimum absolute atomic E-state index is 0. The van der Waals surface area contributed by atoms with Gasteiger partial charge in [-0.15, -0.1) is 24.0 Å². The van der Waals surface area contributed by atoms with E-state index in [9.17, 15) is 0 Å². The molecule has 1 aliphatic rings. The molecule has 2 rings (SSSR count). The van der Waals surface area contributed by atoms with Crippen LogP contribution >= 0.6 is 24.0 Å². The molecule has 0 amide bonds. The number of halogens is 1. The first-order valence-corrected chi connectivity index (χ1v) is 10.5. The number of rotatable bonds is 12. The van der Waals surface area contributed by atoms with Crippen molar-refractivity contribution in [2.24, 2.45) is 4.99 Å². The van der Waals surface area contributed by atoms with Crippen molar-refractivity contribution in [1.82, 2.24) is 15.6 Å². The van der Waals surface area contributed by atoms with E-state index in [1.165, 1.54) is 32.1 Å². The summed E-state index contributed by atoms with van der Waals surface area (Å²) in [5.74, 6) is 1.42. The summed E-state index contributed by atoms with van der Waals surface area (Å²) in [6.45, 7) is 6.18. The average Bonchev–Trinajstić information content (AvgIpc) is 2.73. The lowest BCUT2D eigenvalue weighted by Crippen LogP contribution is -2.38. The van der Waals surface area contributed by atoms with Gasteiger partial charge in [-0.05, 0) is 31.7 Å². The summed E-state index contributed by atoms with van der Waals surface area (Å²) in [5, 5.41) is 6.65. The molecular formula is C21H37IN4O3. The molecular weight excluding hydrogens is 483 g/mol. The molecule has 0 atom stereocenters. The molecule has 1 aromatic heterocycles. The van der Waals surface area contributed by atoms with Crippen LogP contribution in [-0.4, -0.2) is 57.1 Å². The number of ether oxygens (including phenoxy) is 3. The van der Waals surface area contributed by atoms with Crippen LogP contribution < -0.4 is 15.4 Å². The van der Waals surface area contributed by atoms with Crippen molar-refractivity contribution in [2.75, 3.05) is 40.0 Å². The van der Waals surface area contributed by atoms with E-state index < -0.39 is 0 Å². The zero-order valence-corrected chi connectivity index (χ0v) is 20.2. The molecule has 0 spiro atoms. The number of aliphatic imine (C=N–C) groups is 1. The number of nitrogens with one attached hydrogen (secondary N) is 2. The highest BCUT2D eigenvalue weighted by atomic mass is 127. The van der Waals surface area contributed by atoms with Gasteiger partial charge in [0.25, 0.3) is 0 Å². The zero-order chi connectivity index (χ0) is 19.9. The van der Waals surface area contributed by atoms with Crippen LogP contribution in [0.15, 0.2) is 23.3 Å². The third-order valence-electron chi connectivity index (χ3n) is 4.62. The predicted octanol–water partition coefficient (Wildman–Crippen LogP) is 3.52. The van der Waals surface area contributed by atoms with E-state index in [-0.39, 0.29) is 24.0 Å². The third kappa shape index (κ3) is 11.6. The molecule has 1 saturated carbocycles. The Morgan fingerprint density at radius 1 is 1.14 bits per heavy atom. The molecule has 1 fully saturated rings. The summed E-state index contributed by atoms with van der Waals surface area (Å²) in [4.78, 5) is 8.93. The van der Waals surface area contributed by atoms with Gasteiger partial charge in [-0.2, -0.15) is 0 Å². The maximum atomic E-state index is 5.97. The Labute approximate surface area is 192 Å². The molecule has 166 valence electrons. The van der Waals surface area contributed by atoms with E-state index in [1.807, 2.05) is 12.1 Å². The van der Waals surface area contributed by atoms with Gasteiger partial charge in [0.05, 0.1) is 19.3 Å². The Hall–Kier alpha value is -1.13. The standard InChI is InChI=1S/C21H36N4O3.HI/c1-3-22-21(23-12-7-13-27-19-8-5-4-6-9-19)25-17-18-10-11-20(24-16-18)28-15-14-26-2;/h10-11,16,19H,3-9,12-15,17H2,1-2H3,(H2,22,23,25);1H. The van der Waals surface area contributed by atoms with Crippen LogP contribution in [0.5, 0.6) is 5.88 Å². The van der Waals surface area contributed by atoms with Gasteiger partial charge in [-0.25, -0.2) is 9.98 Å². The van der Waals surface area contributed by atoms with Gasteiger partial charge in [0.1, 0.15) is 6.61 Å². The monoisotopic (exact) mass is 520 g/mol. The van der Waals surface area contributed by atoms with Crippen molar-refractivity contribution in [1.29, 1.82) is 0 Å². The molecule has 29 heavy (non-hydrogen) atoms. The highest BCUT2D eigenvalue weighted by Crippen LogP contribution is 2.20. The van der Waals surface area contributed by atoms with Crippen LogP contribution in [0.2, 0.25) is 0 Å². The van der Waals surface area contributed by atoms with Crippen molar-refractivity contribution in [3.63, 3.8) is 0 Å². The SMILES string of the molecule is CCNC(=NCc1ccc(OCCOC)nc1)NCCCOC1CCCCC1.I. The lowest BCUT2D eigenvalue weighted by molar-refractivity contribution is 0.0277. The average molecular weight is 520 g/mol. The minimum Gasteiger partial charge on any atom is -0.475 e. The lowest BCUT2D eigenvalue weighted by atomic mass is 9.98. The number of aromatic nitrogens is 1. The largest absolute Gasteiger partial charge is 0.475 e. The zero-order valence-electron chi connectivity index (χ0n) is 17.8. The van der Waals surface area contributed by atoms with Gasteiger partial charge in [-0.3, -0.25) is 0 Å². The second-order valence-corrected chi connectivity index (χ2v) is 6.95. The Balaban J connectivity index is 0.00000420. The fourth-order valence-electron chi connectivity index (χ4n) is 3.09. The molecule has 2 N–H and O–H groups in total. The fraction of sp³-hybridized carbons (Fsp3) is 0.714. The van der Waals surface area contributed by atoms with Gasteiger partial charge < -0.3 is 24.8 Å². The van der Waals surface area contributed by atoms with Crippen LogP contribution in [0, 0.1) is 0 Å². The Bertz CT molecular complexity index is 551. The molecule has 0 aromatic carbocycles. The third-order valence-corrected chi connectivity index (χ3v) is 4.62.